The second-order valence-corrected chi connectivity index (χ2v) is 8.18. The lowest BCUT2D eigenvalue weighted by Gasteiger charge is -2.34. The topological polar surface area (TPSA) is 88.8 Å². The summed E-state index contributed by atoms with van der Waals surface area (Å²) in [6, 6.07) is 5.70. The van der Waals surface area contributed by atoms with Gasteiger partial charge in [-0.3, -0.25) is 4.79 Å². The summed E-state index contributed by atoms with van der Waals surface area (Å²) in [6.07, 6.45) is 1.10. The van der Waals surface area contributed by atoms with E-state index in [1.165, 1.54) is 23.3 Å². The predicted molar refractivity (Wildman–Crippen MR) is 108 cm³/mol. The summed E-state index contributed by atoms with van der Waals surface area (Å²) in [7, 11) is 0. The molecular formula is C21H20F3N7O. The Balaban J connectivity index is 1.37. The van der Waals surface area contributed by atoms with Crippen molar-refractivity contribution in [3.8, 4) is 5.69 Å². The number of carbonyl (C=O) groups is 1. The summed E-state index contributed by atoms with van der Waals surface area (Å²) in [4.78, 5) is 25.0. The highest BCUT2D eigenvalue weighted by Gasteiger charge is 2.47. The molecule has 1 amide bonds. The summed E-state index contributed by atoms with van der Waals surface area (Å²) in [5.41, 5.74) is 0.692. The van der Waals surface area contributed by atoms with Crippen LogP contribution in [-0.4, -0.2) is 54.4 Å². The van der Waals surface area contributed by atoms with Crippen LogP contribution in [0.2, 0.25) is 0 Å². The number of likely N-dealkylation sites (tertiary alicyclic amines) is 1. The van der Waals surface area contributed by atoms with Crippen LogP contribution in [0.3, 0.4) is 0 Å². The van der Waals surface area contributed by atoms with Gasteiger partial charge in [0, 0.05) is 24.5 Å². The van der Waals surface area contributed by atoms with Crippen molar-refractivity contribution in [2.45, 2.75) is 38.0 Å². The van der Waals surface area contributed by atoms with E-state index in [1.807, 2.05) is 6.92 Å². The molecule has 4 heterocycles. The van der Waals surface area contributed by atoms with Crippen molar-refractivity contribution in [2.75, 3.05) is 11.9 Å². The van der Waals surface area contributed by atoms with E-state index >= 15 is 0 Å². The third kappa shape index (κ3) is 3.67. The van der Waals surface area contributed by atoms with Crippen LogP contribution in [0.1, 0.15) is 34.6 Å². The third-order valence-corrected chi connectivity index (χ3v) is 6.02. The van der Waals surface area contributed by atoms with Crippen molar-refractivity contribution < 1.29 is 18.0 Å². The van der Waals surface area contributed by atoms with Crippen LogP contribution in [0.15, 0.2) is 42.9 Å². The number of nitrogens with zero attached hydrogens (tertiary/aromatic N) is 6. The van der Waals surface area contributed by atoms with Gasteiger partial charge >= 0.3 is 6.18 Å². The molecule has 1 N–H and O–H groups in total. The van der Waals surface area contributed by atoms with Crippen LogP contribution >= 0.6 is 0 Å². The molecule has 2 fully saturated rings. The van der Waals surface area contributed by atoms with E-state index in [0.29, 0.717) is 29.7 Å². The smallest absolute Gasteiger partial charge is 0.365 e. The number of amides is 1. The Morgan fingerprint density at radius 1 is 1.12 bits per heavy atom. The van der Waals surface area contributed by atoms with Crippen LogP contribution in [0.4, 0.5) is 19.0 Å². The van der Waals surface area contributed by atoms with Gasteiger partial charge in [0.15, 0.2) is 5.69 Å². The maximum absolute atomic E-state index is 13.5. The second kappa shape index (κ2) is 7.57. The predicted octanol–water partition coefficient (Wildman–Crippen LogP) is 3.10. The molecule has 3 aromatic rings. The van der Waals surface area contributed by atoms with E-state index in [1.54, 1.807) is 17.0 Å². The molecule has 0 spiro atoms. The first-order valence-corrected chi connectivity index (χ1v) is 10.2. The van der Waals surface area contributed by atoms with E-state index < -0.39 is 11.7 Å². The molecule has 0 radical (unpaired) electrons. The average Bonchev–Trinajstić information content (AvgIpc) is 3.50. The number of nitrogens with one attached hydrogen (secondary N) is 1. The molecule has 5 rings (SSSR count). The maximum Gasteiger partial charge on any atom is 0.417 e. The number of rotatable bonds is 4. The summed E-state index contributed by atoms with van der Waals surface area (Å²) in [5.74, 6) is 0.463. The van der Waals surface area contributed by atoms with Crippen LogP contribution in [0.25, 0.3) is 5.69 Å². The number of pyridine rings is 2. The highest BCUT2D eigenvalue weighted by Crippen LogP contribution is 2.40. The highest BCUT2D eigenvalue weighted by atomic mass is 19.4. The molecule has 2 bridgehead atoms. The largest absolute Gasteiger partial charge is 0.417 e. The number of hydrogen-bond donors (Lipinski definition) is 1. The lowest BCUT2D eigenvalue weighted by molar-refractivity contribution is -0.137. The minimum absolute atomic E-state index is 0.0991. The Morgan fingerprint density at radius 3 is 2.56 bits per heavy atom. The number of piperidine rings is 1. The molecule has 1 aliphatic carbocycles. The molecule has 8 nitrogen and oxygen atoms in total. The molecule has 1 saturated heterocycles. The summed E-state index contributed by atoms with van der Waals surface area (Å²) >= 11 is 0. The van der Waals surface area contributed by atoms with Gasteiger partial charge in [0.2, 0.25) is 0 Å². The van der Waals surface area contributed by atoms with Crippen molar-refractivity contribution in [1.82, 2.24) is 29.9 Å². The normalized spacial score (nSPS) is 22.4. The minimum atomic E-state index is -4.43. The van der Waals surface area contributed by atoms with Gasteiger partial charge in [0.25, 0.3) is 5.91 Å². The second-order valence-electron chi connectivity index (χ2n) is 8.18. The van der Waals surface area contributed by atoms with Gasteiger partial charge in [0.1, 0.15) is 11.5 Å². The number of alkyl halides is 3. The molecular weight excluding hydrogens is 423 g/mol. The molecule has 1 aliphatic heterocycles. The fraction of sp³-hybridized carbons (Fsp3) is 0.381. The number of fused-ring (bicyclic) bond motifs is 2. The zero-order valence-electron chi connectivity index (χ0n) is 17.1. The van der Waals surface area contributed by atoms with Gasteiger partial charge in [-0.05, 0) is 49.9 Å². The van der Waals surface area contributed by atoms with E-state index in [2.05, 4.69) is 25.5 Å². The van der Waals surface area contributed by atoms with Gasteiger partial charge in [-0.15, -0.1) is 4.80 Å². The zero-order valence-corrected chi connectivity index (χ0v) is 17.1. The van der Waals surface area contributed by atoms with Crippen molar-refractivity contribution in [1.29, 1.82) is 0 Å². The number of hydrogen-bond acceptors (Lipinski definition) is 6. The SMILES string of the molecule is Cc1ccc(-n2nccn2)c(C(=O)N2C[C@H]3CC(Nc4ccc(C(F)(F)F)cn4)C2C3)n1. The zero-order chi connectivity index (χ0) is 22.5. The number of halogens is 3. The number of anilines is 1. The first-order chi connectivity index (χ1) is 15.3. The molecule has 3 aromatic heterocycles. The fourth-order valence-corrected chi connectivity index (χ4v) is 4.60. The van der Waals surface area contributed by atoms with Crippen molar-refractivity contribution in [3.63, 3.8) is 0 Å². The molecule has 11 heteroatoms. The number of aromatic nitrogens is 5. The van der Waals surface area contributed by atoms with Crippen molar-refractivity contribution in [3.05, 3.63) is 59.8 Å². The van der Waals surface area contributed by atoms with Crippen molar-refractivity contribution >= 4 is 11.7 Å². The molecule has 3 atom stereocenters. The summed E-state index contributed by atoms with van der Waals surface area (Å²) < 4.78 is 38.4. The maximum atomic E-state index is 13.5. The van der Waals surface area contributed by atoms with Gasteiger partial charge in [-0.25, -0.2) is 9.97 Å². The Hall–Kier alpha value is -3.50. The molecule has 1 saturated carbocycles. The van der Waals surface area contributed by atoms with Gasteiger partial charge < -0.3 is 10.2 Å². The summed E-state index contributed by atoms with van der Waals surface area (Å²) in [5, 5.41) is 11.5. The molecule has 2 unspecified atom stereocenters. The lowest BCUT2D eigenvalue weighted by Crippen LogP contribution is -2.48. The van der Waals surface area contributed by atoms with Crippen LogP contribution in [-0.2, 0) is 6.18 Å². The Bertz CT molecular complexity index is 1130. The van der Waals surface area contributed by atoms with Gasteiger partial charge in [-0.1, -0.05) is 0 Å². The molecule has 32 heavy (non-hydrogen) atoms. The van der Waals surface area contributed by atoms with E-state index in [9.17, 15) is 18.0 Å². The number of carbonyl (C=O) groups excluding carboxylic acids is 1. The van der Waals surface area contributed by atoms with Crippen LogP contribution < -0.4 is 5.32 Å². The third-order valence-electron chi connectivity index (χ3n) is 6.02. The van der Waals surface area contributed by atoms with E-state index in [0.717, 1.165) is 25.1 Å². The molecule has 2 aliphatic rings. The minimum Gasteiger partial charge on any atom is -0.365 e. The first kappa shape index (κ1) is 20.4. The Morgan fingerprint density at radius 2 is 1.91 bits per heavy atom. The first-order valence-electron chi connectivity index (χ1n) is 10.2. The molecule has 0 aromatic carbocycles. The fourth-order valence-electron chi connectivity index (χ4n) is 4.60. The highest BCUT2D eigenvalue weighted by molar-refractivity contribution is 5.96. The van der Waals surface area contributed by atoms with Crippen molar-refractivity contribution in [2.24, 2.45) is 5.92 Å². The molecule has 166 valence electrons. The summed E-state index contributed by atoms with van der Waals surface area (Å²) in [6.45, 7) is 2.43. The van der Waals surface area contributed by atoms with Gasteiger partial charge in [-0.2, -0.15) is 23.4 Å². The Labute approximate surface area is 181 Å². The quantitative estimate of drug-likeness (QED) is 0.667. The Kier molecular flexibility index (Phi) is 4.83. The van der Waals surface area contributed by atoms with Crippen LogP contribution in [0, 0.1) is 12.8 Å². The number of aryl methyl sites for hydroxylation is 1. The monoisotopic (exact) mass is 443 g/mol. The lowest BCUT2D eigenvalue weighted by atomic mass is 10.0. The van der Waals surface area contributed by atoms with E-state index in [4.69, 9.17) is 0 Å². The van der Waals surface area contributed by atoms with E-state index in [-0.39, 0.29) is 23.7 Å². The average molecular weight is 443 g/mol. The van der Waals surface area contributed by atoms with Gasteiger partial charge in [0.05, 0.1) is 24.0 Å². The van der Waals surface area contributed by atoms with Crippen LogP contribution in [0.5, 0.6) is 0 Å². The standard InChI is InChI=1S/C21H20F3N7O/c1-12-2-4-16(31-26-6-7-27-31)19(28-12)20(32)30-11-13-8-15(17(30)9-13)29-18-5-3-14(10-25-18)21(22,23)24/h2-7,10,13,15,17H,8-9,11H2,1H3,(H,25,29)/t13-,15?,17?/m0/s1.